The standard InChI is InChI=1S/C9H12N2OS.Na.H/c1-12-8-4-2-7(3-5-8)6-11-9(10)13;;/h2-5H,6H2,1H3,(H3,10,11,13);;/q;+1;-1. The zero-order valence-corrected chi connectivity index (χ0v) is 11.2. The Balaban J connectivity index is 0. The summed E-state index contributed by atoms with van der Waals surface area (Å²) in [6.45, 7) is 0.652. The molecule has 0 fully saturated rings. The summed E-state index contributed by atoms with van der Waals surface area (Å²) < 4.78 is 5.02. The molecule has 0 aliphatic carbocycles. The smallest absolute Gasteiger partial charge is 1.00 e. The molecule has 5 heteroatoms. The molecule has 0 radical (unpaired) electrons. The van der Waals surface area contributed by atoms with Crippen molar-refractivity contribution in [2.24, 2.45) is 5.73 Å². The van der Waals surface area contributed by atoms with Gasteiger partial charge in [-0.25, -0.2) is 0 Å². The van der Waals surface area contributed by atoms with Gasteiger partial charge >= 0.3 is 29.6 Å². The zero-order chi connectivity index (χ0) is 9.68. The van der Waals surface area contributed by atoms with E-state index in [1.807, 2.05) is 24.3 Å². The first-order valence-electron chi connectivity index (χ1n) is 3.88. The Morgan fingerprint density at radius 2 is 2.07 bits per heavy atom. The Morgan fingerprint density at radius 3 is 2.50 bits per heavy atom. The average Bonchev–Trinajstić information content (AvgIpc) is 2.15. The second-order valence-corrected chi connectivity index (χ2v) is 3.01. The Kier molecular flexibility index (Phi) is 6.92. The molecule has 14 heavy (non-hydrogen) atoms. The van der Waals surface area contributed by atoms with Gasteiger partial charge in [-0.3, -0.25) is 0 Å². The fraction of sp³-hybridized carbons (Fsp3) is 0.222. The molecule has 3 N–H and O–H groups in total. The van der Waals surface area contributed by atoms with E-state index in [4.69, 9.17) is 10.5 Å². The molecule has 0 heterocycles. The van der Waals surface area contributed by atoms with Crippen LogP contribution in [0.2, 0.25) is 0 Å². The van der Waals surface area contributed by atoms with E-state index in [0.717, 1.165) is 11.3 Å². The summed E-state index contributed by atoms with van der Waals surface area (Å²) in [6.07, 6.45) is 0. The van der Waals surface area contributed by atoms with Gasteiger partial charge in [-0.1, -0.05) is 12.1 Å². The minimum Gasteiger partial charge on any atom is -1.00 e. The van der Waals surface area contributed by atoms with E-state index < -0.39 is 0 Å². The maximum absolute atomic E-state index is 5.29. The van der Waals surface area contributed by atoms with Gasteiger partial charge in [0.25, 0.3) is 0 Å². The van der Waals surface area contributed by atoms with Crippen molar-refractivity contribution < 1.29 is 35.7 Å². The van der Waals surface area contributed by atoms with Gasteiger partial charge in [0.1, 0.15) is 5.75 Å². The molecular formula is C9H13N2NaOS. The van der Waals surface area contributed by atoms with Crippen molar-refractivity contribution >= 4 is 17.3 Å². The predicted octanol–water partition coefficient (Wildman–Crippen LogP) is -1.86. The number of benzene rings is 1. The Hall–Kier alpha value is -0.290. The minimum absolute atomic E-state index is 0. The van der Waals surface area contributed by atoms with Crippen LogP contribution >= 0.6 is 12.2 Å². The van der Waals surface area contributed by atoms with Gasteiger partial charge < -0.3 is 17.2 Å². The molecule has 0 aliphatic heterocycles. The monoisotopic (exact) mass is 220 g/mol. The molecule has 3 nitrogen and oxygen atoms in total. The molecular weight excluding hydrogens is 207 g/mol. The first-order chi connectivity index (χ1) is 6.22. The molecule has 0 aromatic heterocycles. The van der Waals surface area contributed by atoms with Crippen molar-refractivity contribution in [3.05, 3.63) is 29.8 Å². The van der Waals surface area contributed by atoms with Crippen LogP contribution in [0.4, 0.5) is 0 Å². The van der Waals surface area contributed by atoms with Crippen LogP contribution in [0, 0.1) is 0 Å². The largest absolute Gasteiger partial charge is 1.00 e. The maximum atomic E-state index is 5.29. The van der Waals surface area contributed by atoms with E-state index in [-0.39, 0.29) is 31.0 Å². The number of rotatable bonds is 3. The molecule has 0 aliphatic rings. The third kappa shape index (κ3) is 4.81. The predicted molar refractivity (Wildman–Crippen MR) is 57.7 cm³/mol. The van der Waals surface area contributed by atoms with Gasteiger partial charge in [-0.05, 0) is 29.9 Å². The van der Waals surface area contributed by atoms with Crippen LogP contribution in [0.1, 0.15) is 6.99 Å². The SMILES string of the molecule is COc1ccc(CNC(N)=S)cc1.[H-].[Na+]. The van der Waals surface area contributed by atoms with E-state index >= 15 is 0 Å². The van der Waals surface area contributed by atoms with Gasteiger partial charge in [0.05, 0.1) is 7.11 Å². The normalized spacial score (nSPS) is 8.64. The summed E-state index contributed by atoms with van der Waals surface area (Å²) >= 11 is 4.69. The number of nitrogens with one attached hydrogen (secondary N) is 1. The molecule has 0 bridgehead atoms. The summed E-state index contributed by atoms with van der Waals surface area (Å²) in [4.78, 5) is 0. The van der Waals surface area contributed by atoms with Crippen molar-refractivity contribution in [2.45, 2.75) is 6.54 Å². The molecule has 0 saturated heterocycles. The summed E-state index contributed by atoms with van der Waals surface area (Å²) in [5.41, 5.74) is 6.41. The topological polar surface area (TPSA) is 47.3 Å². The summed E-state index contributed by atoms with van der Waals surface area (Å²) in [5.74, 6) is 0.846. The molecule has 72 valence electrons. The Labute approximate surface area is 113 Å². The average molecular weight is 220 g/mol. The van der Waals surface area contributed by atoms with Crippen LogP contribution < -0.4 is 45.3 Å². The first kappa shape index (κ1) is 13.7. The van der Waals surface area contributed by atoms with Gasteiger partial charge in [-0.2, -0.15) is 0 Å². The van der Waals surface area contributed by atoms with Crippen LogP contribution in [0.25, 0.3) is 0 Å². The second kappa shape index (κ2) is 7.06. The quantitative estimate of drug-likeness (QED) is 0.463. The minimum atomic E-state index is 0. The number of nitrogens with two attached hydrogens (primary N) is 1. The first-order valence-corrected chi connectivity index (χ1v) is 4.29. The van der Waals surface area contributed by atoms with Gasteiger partial charge in [0.15, 0.2) is 5.11 Å². The zero-order valence-electron chi connectivity index (χ0n) is 9.41. The third-order valence-electron chi connectivity index (χ3n) is 1.63. The van der Waals surface area contributed by atoms with Crippen molar-refractivity contribution in [1.82, 2.24) is 5.32 Å². The summed E-state index contributed by atoms with van der Waals surface area (Å²) in [5, 5.41) is 3.18. The van der Waals surface area contributed by atoms with Crippen LogP contribution in [-0.2, 0) is 6.54 Å². The maximum Gasteiger partial charge on any atom is 1.00 e. The number of hydrogen-bond acceptors (Lipinski definition) is 2. The molecule has 0 saturated carbocycles. The molecule has 0 spiro atoms. The second-order valence-electron chi connectivity index (χ2n) is 2.57. The Morgan fingerprint density at radius 1 is 1.50 bits per heavy atom. The van der Waals surface area contributed by atoms with Crippen LogP contribution in [-0.4, -0.2) is 12.2 Å². The number of ether oxygens (including phenoxy) is 1. The number of hydrogen-bond donors (Lipinski definition) is 2. The fourth-order valence-electron chi connectivity index (χ4n) is 0.933. The molecule has 0 atom stereocenters. The van der Waals surface area contributed by atoms with E-state index in [0.29, 0.717) is 11.7 Å². The van der Waals surface area contributed by atoms with E-state index in [1.165, 1.54) is 0 Å². The Bertz CT molecular complexity index is 295. The van der Waals surface area contributed by atoms with Crippen molar-refractivity contribution in [3.8, 4) is 5.75 Å². The van der Waals surface area contributed by atoms with E-state index in [2.05, 4.69) is 17.5 Å². The van der Waals surface area contributed by atoms with Crippen LogP contribution in [0.3, 0.4) is 0 Å². The molecule has 0 amide bonds. The van der Waals surface area contributed by atoms with Crippen molar-refractivity contribution in [2.75, 3.05) is 7.11 Å². The van der Waals surface area contributed by atoms with Gasteiger partial charge in [-0.15, -0.1) is 0 Å². The molecule has 1 rings (SSSR count). The van der Waals surface area contributed by atoms with E-state index in [1.54, 1.807) is 7.11 Å². The fourth-order valence-corrected chi connectivity index (χ4v) is 1.00. The number of methoxy groups -OCH3 is 1. The van der Waals surface area contributed by atoms with Crippen molar-refractivity contribution in [1.29, 1.82) is 0 Å². The van der Waals surface area contributed by atoms with Gasteiger partial charge in [0, 0.05) is 6.54 Å². The molecule has 1 aromatic rings. The van der Waals surface area contributed by atoms with Crippen molar-refractivity contribution in [3.63, 3.8) is 0 Å². The summed E-state index contributed by atoms with van der Waals surface area (Å²) in [6, 6.07) is 7.72. The third-order valence-corrected chi connectivity index (χ3v) is 1.77. The summed E-state index contributed by atoms with van der Waals surface area (Å²) in [7, 11) is 1.64. The van der Waals surface area contributed by atoms with Gasteiger partial charge in [0.2, 0.25) is 0 Å². The number of thiocarbonyl (C=S) groups is 1. The van der Waals surface area contributed by atoms with Crippen LogP contribution in [0.5, 0.6) is 5.75 Å². The van der Waals surface area contributed by atoms with E-state index in [9.17, 15) is 0 Å². The molecule has 1 aromatic carbocycles. The van der Waals surface area contributed by atoms with Crippen LogP contribution in [0.15, 0.2) is 24.3 Å². The molecule has 0 unspecified atom stereocenters.